The lowest BCUT2D eigenvalue weighted by molar-refractivity contribution is -0.275. The van der Waals surface area contributed by atoms with Gasteiger partial charge in [-0.25, -0.2) is 4.39 Å². The normalized spacial score (nSPS) is 16.0. The Morgan fingerprint density at radius 1 is 1.04 bits per heavy atom. The minimum absolute atomic E-state index is 0.301. The lowest BCUT2D eigenvalue weighted by Crippen LogP contribution is -2.44. The van der Waals surface area contributed by atoms with Gasteiger partial charge in [0.25, 0.3) is 0 Å². The van der Waals surface area contributed by atoms with Crippen LogP contribution in [-0.2, 0) is 9.31 Å². The van der Waals surface area contributed by atoms with Crippen LogP contribution in [0.4, 0.5) is 17.6 Å². The summed E-state index contributed by atoms with van der Waals surface area (Å²) >= 11 is 0. The molecule has 0 saturated carbocycles. The van der Waals surface area contributed by atoms with Gasteiger partial charge in [0.05, 0.1) is 0 Å². The first-order chi connectivity index (χ1) is 12.9. The second kappa shape index (κ2) is 10.9. The molecule has 0 unspecified atom stereocenters. The molecule has 3 nitrogen and oxygen atoms in total. The van der Waals surface area contributed by atoms with E-state index < -0.39 is 25.0 Å². The van der Waals surface area contributed by atoms with E-state index in [1.165, 1.54) is 44.6 Å². The van der Waals surface area contributed by atoms with E-state index in [4.69, 9.17) is 9.31 Å². The largest absolute Gasteiger partial charge is 0.573 e. The summed E-state index contributed by atoms with van der Waals surface area (Å²) in [6.45, 7) is 3.21. The summed E-state index contributed by atoms with van der Waals surface area (Å²) in [6, 6.07) is 3.23. The monoisotopic (exact) mass is 390 g/mol. The van der Waals surface area contributed by atoms with Crippen LogP contribution in [0.5, 0.6) is 5.75 Å². The van der Waals surface area contributed by atoms with Crippen LogP contribution < -0.4 is 10.2 Å². The number of halogens is 4. The summed E-state index contributed by atoms with van der Waals surface area (Å²) in [6.07, 6.45) is 4.82. The zero-order chi connectivity index (χ0) is 19.7. The molecule has 1 aromatic carbocycles. The van der Waals surface area contributed by atoms with Crippen LogP contribution >= 0.6 is 0 Å². The van der Waals surface area contributed by atoms with Gasteiger partial charge in [-0.1, -0.05) is 57.9 Å². The summed E-state index contributed by atoms with van der Waals surface area (Å²) < 4.78 is 65.2. The standard InChI is InChI=1S/C19H27BF4O3/c1-2-3-4-5-6-7-8-9-15-13-25-20(26-14-15)16-10-11-18(17(21)12-16)27-19(22,23)24/h10-12,15H,2-9,13-14H2,1H3. The quantitative estimate of drug-likeness (QED) is 0.311. The number of ether oxygens (including phenoxy) is 1. The fourth-order valence-electron chi connectivity index (χ4n) is 3.16. The summed E-state index contributed by atoms with van der Waals surface area (Å²) in [5, 5.41) is 0. The topological polar surface area (TPSA) is 27.7 Å². The first-order valence-electron chi connectivity index (χ1n) is 9.67. The first-order valence-corrected chi connectivity index (χ1v) is 9.67. The molecule has 1 aliphatic heterocycles. The highest BCUT2D eigenvalue weighted by Gasteiger charge is 2.34. The molecule has 1 aliphatic rings. The van der Waals surface area contributed by atoms with Gasteiger partial charge >= 0.3 is 13.5 Å². The van der Waals surface area contributed by atoms with Crippen LogP contribution in [0.25, 0.3) is 0 Å². The van der Waals surface area contributed by atoms with Crippen LogP contribution in [0, 0.1) is 11.7 Å². The second-order valence-electron chi connectivity index (χ2n) is 7.01. The fourth-order valence-corrected chi connectivity index (χ4v) is 3.16. The van der Waals surface area contributed by atoms with Crippen LogP contribution in [0.3, 0.4) is 0 Å². The average molecular weight is 390 g/mol. The van der Waals surface area contributed by atoms with Crippen LogP contribution in [0.2, 0.25) is 0 Å². The van der Waals surface area contributed by atoms with Gasteiger partial charge in [0, 0.05) is 19.1 Å². The number of hydrogen-bond donors (Lipinski definition) is 0. The summed E-state index contributed by atoms with van der Waals surface area (Å²) in [5.74, 6) is -1.66. The summed E-state index contributed by atoms with van der Waals surface area (Å²) in [4.78, 5) is 0. The molecule has 1 fully saturated rings. The van der Waals surface area contributed by atoms with Crippen molar-refractivity contribution in [2.45, 2.75) is 64.7 Å². The molecule has 8 heteroatoms. The van der Waals surface area contributed by atoms with Gasteiger partial charge in [-0.3, -0.25) is 0 Å². The Kier molecular flexibility index (Phi) is 8.89. The van der Waals surface area contributed by atoms with Gasteiger partial charge in [0.15, 0.2) is 11.6 Å². The minimum atomic E-state index is -4.93. The molecular formula is C19H27BF4O3. The molecule has 0 radical (unpaired) electrons. The number of rotatable bonds is 10. The maximum absolute atomic E-state index is 13.8. The van der Waals surface area contributed by atoms with Gasteiger partial charge in [-0.15, -0.1) is 13.2 Å². The first kappa shape index (κ1) is 22.0. The molecule has 0 amide bonds. The zero-order valence-corrected chi connectivity index (χ0v) is 15.7. The van der Waals surface area contributed by atoms with Crippen molar-refractivity contribution in [2.24, 2.45) is 5.92 Å². The van der Waals surface area contributed by atoms with Crippen molar-refractivity contribution in [3.05, 3.63) is 24.0 Å². The Morgan fingerprint density at radius 2 is 1.67 bits per heavy atom. The highest BCUT2D eigenvalue weighted by atomic mass is 19.4. The molecule has 0 bridgehead atoms. The summed E-state index contributed by atoms with van der Waals surface area (Å²) in [5.41, 5.74) is 0.344. The average Bonchev–Trinajstić information content (AvgIpc) is 2.62. The van der Waals surface area contributed by atoms with E-state index in [2.05, 4.69) is 11.7 Å². The second-order valence-corrected chi connectivity index (χ2v) is 7.01. The Morgan fingerprint density at radius 3 is 2.26 bits per heavy atom. The van der Waals surface area contributed by atoms with Gasteiger partial charge in [-0.05, 0) is 24.0 Å². The van der Waals surface area contributed by atoms with Crippen molar-refractivity contribution in [3.63, 3.8) is 0 Å². The number of alkyl halides is 3. The molecular weight excluding hydrogens is 363 g/mol. The predicted octanol–water partition coefficient (Wildman–Crippen LogP) is 5.22. The van der Waals surface area contributed by atoms with Crippen molar-refractivity contribution < 1.29 is 31.6 Å². The molecule has 1 heterocycles. The van der Waals surface area contributed by atoms with Gasteiger partial charge in [0.2, 0.25) is 0 Å². The van der Waals surface area contributed by atoms with Crippen molar-refractivity contribution in [1.29, 1.82) is 0 Å². The van der Waals surface area contributed by atoms with Crippen LogP contribution in [-0.4, -0.2) is 26.7 Å². The lowest BCUT2D eigenvalue weighted by atomic mass is 9.77. The van der Waals surface area contributed by atoms with E-state index in [1.54, 1.807) is 0 Å². The van der Waals surface area contributed by atoms with Crippen LogP contribution in [0.1, 0.15) is 58.3 Å². The molecule has 2 rings (SSSR count). The third-order valence-corrected chi connectivity index (χ3v) is 4.64. The third-order valence-electron chi connectivity index (χ3n) is 4.64. The Labute approximate surface area is 158 Å². The minimum Gasteiger partial charge on any atom is -0.407 e. The van der Waals surface area contributed by atoms with Crippen molar-refractivity contribution in [2.75, 3.05) is 13.2 Å². The Balaban J connectivity index is 1.70. The van der Waals surface area contributed by atoms with Crippen molar-refractivity contribution in [3.8, 4) is 5.75 Å². The maximum Gasteiger partial charge on any atom is 0.573 e. The molecule has 1 aromatic rings. The van der Waals surface area contributed by atoms with E-state index in [0.29, 0.717) is 24.6 Å². The highest BCUT2D eigenvalue weighted by molar-refractivity contribution is 6.61. The smallest absolute Gasteiger partial charge is 0.407 e. The van der Waals surface area contributed by atoms with Crippen LogP contribution in [0.15, 0.2) is 18.2 Å². The number of benzene rings is 1. The SMILES string of the molecule is CCCCCCCCCC1COB(c2ccc(OC(F)(F)F)c(F)c2)OC1. The van der Waals surface area contributed by atoms with E-state index in [-0.39, 0.29) is 0 Å². The molecule has 0 atom stereocenters. The molecule has 27 heavy (non-hydrogen) atoms. The van der Waals surface area contributed by atoms with E-state index in [0.717, 1.165) is 25.0 Å². The zero-order valence-electron chi connectivity index (χ0n) is 15.7. The molecule has 0 spiro atoms. The Hall–Kier alpha value is -1.28. The van der Waals surface area contributed by atoms with E-state index >= 15 is 0 Å². The third kappa shape index (κ3) is 8.09. The summed E-state index contributed by atoms with van der Waals surface area (Å²) in [7, 11) is -0.760. The predicted molar refractivity (Wildman–Crippen MR) is 96.5 cm³/mol. The van der Waals surface area contributed by atoms with Crippen molar-refractivity contribution >= 4 is 12.6 Å². The molecule has 1 saturated heterocycles. The molecule has 0 aliphatic carbocycles. The molecule has 152 valence electrons. The van der Waals surface area contributed by atoms with Crippen molar-refractivity contribution in [1.82, 2.24) is 0 Å². The Bertz CT molecular complexity index is 560. The van der Waals surface area contributed by atoms with Gasteiger partial charge < -0.3 is 14.0 Å². The number of hydrogen-bond acceptors (Lipinski definition) is 3. The molecule has 0 aromatic heterocycles. The fraction of sp³-hybridized carbons (Fsp3) is 0.684. The van der Waals surface area contributed by atoms with E-state index in [1.807, 2.05) is 0 Å². The maximum atomic E-state index is 13.8. The number of unbranched alkanes of at least 4 members (excludes halogenated alkanes) is 6. The highest BCUT2D eigenvalue weighted by Crippen LogP contribution is 2.25. The van der Waals surface area contributed by atoms with Gasteiger partial charge in [0.1, 0.15) is 0 Å². The van der Waals surface area contributed by atoms with Gasteiger partial charge in [-0.2, -0.15) is 0 Å². The molecule has 0 N–H and O–H groups in total. The lowest BCUT2D eigenvalue weighted by Gasteiger charge is -2.27. The van der Waals surface area contributed by atoms with E-state index in [9.17, 15) is 17.6 Å².